The highest BCUT2D eigenvalue weighted by atomic mass is 32.2. The van der Waals surface area contributed by atoms with E-state index in [1.165, 1.54) is 17.8 Å². The van der Waals surface area contributed by atoms with E-state index < -0.39 is 0 Å². The van der Waals surface area contributed by atoms with Gasteiger partial charge in [-0.3, -0.25) is 0 Å². The average molecular weight is 301 g/mol. The molecule has 3 aromatic rings. The molecule has 0 saturated carbocycles. The molecule has 108 valence electrons. The first-order chi connectivity index (χ1) is 10.3. The molecular weight excluding hydrogens is 285 g/mol. The summed E-state index contributed by atoms with van der Waals surface area (Å²) in [7, 11) is 0. The molecule has 2 heterocycles. The van der Waals surface area contributed by atoms with Crippen LogP contribution in [0.15, 0.2) is 58.6 Å². The predicted molar refractivity (Wildman–Crippen MR) is 83.1 cm³/mol. The first-order valence-electron chi connectivity index (χ1n) is 6.88. The summed E-state index contributed by atoms with van der Waals surface area (Å²) in [5.41, 5.74) is 1.94. The summed E-state index contributed by atoms with van der Waals surface area (Å²) in [5, 5.41) is 4.16. The minimum Gasteiger partial charge on any atom is -0.311 e. The Morgan fingerprint density at radius 1 is 1.19 bits per heavy atom. The fourth-order valence-corrected chi connectivity index (χ4v) is 3.09. The third-order valence-electron chi connectivity index (χ3n) is 3.18. The van der Waals surface area contributed by atoms with Crippen molar-refractivity contribution in [3.63, 3.8) is 0 Å². The van der Waals surface area contributed by atoms with E-state index in [-0.39, 0.29) is 5.82 Å². The standard InChI is InChI=1S/C16H16FN3S/c1-2-18-11-13-16(19-15-9-5-6-10-20(13)15)21-14-8-4-3-7-12(14)17/h3-10,18H,2,11H2,1H3. The maximum absolute atomic E-state index is 13.8. The molecule has 2 aromatic heterocycles. The van der Waals surface area contributed by atoms with Crippen LogP contribution >= 0.6 is 11.8 Å². The summed E-state index contributed by atoms with van der Waals surface area (Å²) in [6, 6.07) is 12.7. The Balaban J connectivity index is 2.02. The van der Waals surface area contributed by atoms with Gasteiger partial charge in [-0.2, -0.15) is 0 Å². The molecule has 0 atom stereocenters. The van der Waals surface area contributed by atoms with Crippen LogP contribution in [0, 0.1) is 5.82 Å². The van der Waals surface area contributed by atoms with E-state index >= 15 is 0 Å². The fourth-order valence-electron chi connectivity index (χ4n) is 2.14. The van der Waals surface area contributed by atoms with Gasteiger partial charge in [0.25, 0.3) is 0 Å². The molecule has 21 heavy (non-hydrogen) atoms. The van der Waals surface area contributed by atoms with E-state index in [2.05, 4.69) is 17.2 Å². The number of pyridine rings is 1. The van der Waals surface area contributed by atoms with E-state index in [1.807, 2.05) is 34.9 Å². The molecule has 0 amide bonds. The summed E-state index contributed by atoms with van der Waals surface area (Å²) in [6.45, 7) is 3.65. The lowest BCUT2D eigenvalue weighted by molar-refractivity contribution is 0.601. The van der Waals surface area contributed by atoms with Crippen LogP contribution in [0.1, 0.15) is 12.6 Å². The summed E-state index contributed by atoms with van der Waals surface area (Å²) in [6.07, 6.45) is 1.99. The molecule has 0 radical (unpaired) electrons. The monoisotopic (exact) mass is 301 g/mol. The van der Waals surface area contributed by atoms with E-state index in [4.69, 9.17) is 0 Å². The van der Waals surface area contributed by atoms with Crippen LogP contribution in [-0.2, 0) is 6.54 Å². The molecular formula is C16H16FN3S. The van der Waals surface area contributed by atoms with Crippen molar-refractivity contribution in [1.82, 2.24) is 14.7 Å². The number of fused-ring (bicyclic) bond motifs is 1. The van der Waals surface area contributed by atoms with Gasteiger partial charge in [-0.05, 0) is 30.8 Å². The van der Waals surface area contributed by atoms with Crippen LogP contribution < -0.4 is 5.32 Å². The number of nitrogens with one attached hydrogen (secondary N) is 1. The third kappa shape index (κ3) is 2.94. The Labute approximate surface area is 127 Å². The van der Waals surface area contributed by atoms with Gasteiger partial charge in [0.05, 0.1) is 5.69 Å². The quantitative estimate of drug-likeness (QED) is 0.778. The van der Waals surface area contributed by atoms with E-state index in [0.717, 1.165) is 22.9 Å². The van der Waals surface area contributed by atoms with Crippen LogP contribution in [0.2, 0.25) is 0 Å². The van der Waals surface area contributed by atoms with E-state index in [9.17, 15) is 4.39 Å². The topological polar surface area (TPSA) is 29.3 Å². The molecule has 1 N–H and O–H groups in total. The number of rotatable bonds is 5. The number of imidazole rings is 1. The van der Waals surface area contributed by atoms with Crippen molar-refractivity contribution in [1.29, 1.82) is 0 Å². The normalized spacial score (nSPS) is 11.1. The SMILES string of the molecule is CCNCc1c(Sc2ccccc2F)nc2ccccn12. The van der Waals surface area contributed by atoms with Gasteiger partial charge < -0.3 is 9.72 Å². The maximum atomic E-state index is 13.8. The molecule has 0 spiro atoms. The van der Waals surface area contributed by atoms with Crippen LogP contribution in [0.25, 0.3) is 5.65 Å². The van der Waals surface area contributed by atoms with Gasteiger partial charge in [0, 0.05) is 17.6 Å². The van der Waals surface area contributed by atoms with Crippen LogP contribution in [0.4, 0.5) is 4.39 Å². The first-order valence-corrected chi connectivity index (χ1v) is 7.70. The first kappa shape index (κ1) is 14.1. The second-order valence-electron chi connectivity index (χ2n) is 4.61. The van der Waals surface area contributed by atoms with Gasteiger partial charge in [-0.1, -0.05) is 36.9 Å². The van der Waals surface area contributed by atoms with Crippen LogP contribution in [0.5, 0.6) is 0 Å². The number of hydrogen-bond acceptors (Lipinski definition) is 3. The smallest absolute Gasteiger partial charge is 0.138 e. The Hall–Kier alpha value is -1.85. The van der Waals surface area contributed by atoms with Crippen molar-refractivity contribution in [2.45, 2.75) is 23.4 Å². The molecule has 5 heteroatoms. The highest BCUT2D eigenvalue weighted by Crippen LogP contribution is 2.32. The minimum absolute atomic E-state index is 0.214. The maximum Gasteiger partial charge on any atom is 0.138 e. The Bertz CT molecular complexity index is 754. The molecule has 0 aliphatic rings. The van der Waals surface area contributed by atoms with Crippen molar-refractivity contribution in [2.75, 3.05) is 6.54 Å². The Morgan fingerprint density at radius 3 is 2.81 bits per heavy atom. The predicted octanol–water partition coefficient (Wildman–Crippen LogP) is 3.73. The molecule has 1 aromatic carbocycles. The van der Waals surface area contributed by atoms with Crippen LogP contribution in [-0.4, -0.2) is 15.9 Å². The van der Waals surface area contributed by atoms with Crippen LogP contribution in [0.3, 0.4) is 0 Å². The molecule has 0 bridgehead atoms. The van der Waals surface area contributed by atoms with Crippen molar-refractivity contribution < 1.29 is 4.39 Å². The van der Waals surface area contributed by atoms with Gasteiger partial charge in [0.15, 0.2) is 0 Å². The largest absolute Gasteiger partial charge is 0.311 e. The minimum atomic E-state index is -0.214. The Kier molecular flexibility index (Phi) is 4.22. The van der Waals surface area contributed by atoms with Gasteiger partial charge >= 0.3 is 0 Å². The highest BCUT2D eigenvalue weighted by Gasteiger charge is 2.14. The Morgan fingerprint density at radius 2 is 2.00 bits per heavy atom. The van der Waals surface area contributed by atoms with E-state index in [1.54, 1.807) is 12.1 Å². The van der Waals surface area contributed by atoms with Crippen molar-refractivity contribution in [3.8, 4) is 0 Å². The van der Waals surface area contributed by atoms with Gasteiger partial charge in [-0.25, -0.2) is 9.37 Å². The van der Waals surface area contributed by atoms with Gasteiger partial charge in [0.2, 0.25) is 0 Å². The highest BCUT2D eigenvalue weighted by molar-refractivity contribution is 7.99. The molecule has 0 fully saturated rings. The lowest BCUT2D eigenvalue weighted by atomic mass is 10.3. The molecule has 3 nitrogen and oxygen atoms in total. The van der Waals surface area contributed by atoms with Gasteiger partial charge in [0.1, 0.15) is 16.5 Å². The summed E-state index contributed by atoms with van der Waals surface area (Å²) < 4.78 is 15.9. The molecule has 0 aliphatic heterocycles. The summed E-state index contributed by atoms with van der Waals surface area (Å²) >= 11 is 1.37. The second kappa shape index (κ2) is 6.28. The van der Waals surface area contributed by atoms with Crippen molar-refractivity contribution in [2.24, 2.45) is 0 Å². The molecule has 3 rings (SSSR count). The molecule has 0 aliphatic carbocycles. The number of hydrogen-bond donors (Lipinski definition) is 1. The number of nitrogens with zero attached hydrogens (tertiary/aromatic N) is 2. The lowest BCUT2D eigenvalue weighted by Gasteiger charge is -2.06. The number of benzene rings is 1. The average Bonchev–Trinajstić information content (AvgIpc) is 2.85. The lowest BCUT2D eigenvalue weighted by Crippen LogP contribution is -2.14. The zero-order chi connectivity index (χ0) is 14.7. The van der Waals surface area contributed by atoms with Crippen molar-refractivity contribution in [3.05, 3.63) is 60.2 Å². The summed E-state index contributed by atoms with van der Waals surface area (Å²) in [4.78, 5) is 5.22. The molecule has 0 saturated heterocycles. The zero-order valence-corrected chi connectivity index (χ0v) is 12.5. The van der Waals surface area contributed by atoms with Gasteiger partial charge in [-0.15, -0.1) is 0 Å². The molecule has 0 unspecified atom stereocenters. The fraction of sp³-hybridized carbons (Fsp3) is 0.188. The second-order valence-corrected chi connectivity index (χ2v) is 5.64. The summed E-state index contributed by atoms with van der Waals surface area (Å²) in [5.74, 6) is -0.214. The van der Waals surface area contributed by atoms with Crippen molar-refractivity contribution >= 4 is 17.4 Å². The van der Waals surface area contributed by atoms with E-state index in [0.29, 0.717) is 11.4 Å². The number of halogens is 1. The number of aromatic nitrogens is 2. The third-order valence-corrected chi connectivity index (χ3v) is 4.25. The zero-order valence-electron chi connectivity index (χ0n) is 11.7.